The minimum atomic E-state index is -3.27. The predicted octanol–water partition coefficient (Wildman–Crippen LogP) is 1.28. The smallest absolute Gasteiger partial charge is 0.216 e. The van der Waals surface area contributed by atoms with Crippen LogP contribution >= 0.6 is 24.0 Å². The highest BCUT2D eigenvalue weighted by Gasteiger charge is 2.28. The molecule has 1 aliphatic heterocycles. The van der Waals surface area contributed by atoms with E-state index in [4.69, 9.17) is 9.73 Å². The van der Waals surface area contributed by atoms with Gasteiger partial charge in [0.05, 0.1) is 25.0 Å². The summed E-state index contributed by atoms with van der Waals surface area (Å²) >= 11 is 0. The number of hydrogen-bond donors (Lipinski definition) is 1. The van der Waals surface area contributed by atoms with Crippen molar-refractivity contribution in [3.8, 4) is 0 Å². The van der Waals surface area contributed by atoms with Gasteiger partial charge in [-0.1, -0.05) is 0 Å². The molecule has 1 N–H and O–H groups in total. The van der Waals surface area contributed by atoms with Crippen LogP contribution in [0.25, 0.3) is 0 Å². The number of likely N-dealkylation sites (N-methyl/N-ethyl adjacent to an activating group) is 1. The van der Waals surface area contributed by atoms with Crippen LogP contribution < -0.4 is 5.32 Å². The molecule has 1 heterocycles. The summed E-state index contributed by atoms with van der Waals surface area (Å²) in [6.45, 7) is 14.1. The molecule has 1 saturated heterocycles. The molecule has 1 rings (SSSR count). The Morgan fingerprint density at radius 1 is 1.21 bits per heavy atom. The lowest BCUT2D eigenvalue weighted by Gasteiger charge is -2.37. The highest BCUT2D eigenvalue weighted by molar-refractivity contribution is 14.0. The third-order valence-electron chi connectivity index (χ3n) is 4.89. The van der Waals surface area contributed by atoms with E-state index in [1.54, 1.807) is 4.31 Å². The molecule has 0 amide bonds. The molecule has 0 aromatic carbocycles. The molecule has 8 nitrogen and oxygen atoms in total. The van der Waals surface area contributed by atoms with Gasteiger partial charge in [-0.3, -0.25) is 4.99 Å². The van der Waals surface area contributed by atoms with Gasteiger partial charge < -0.3 is 19.9 Å². The van der Waals surface area contributed by atoms with Crippen LogP contribution in [0.4, 0.5) is 0 Å². The van der Waals surface area contributed by atoms with Gasteiger partial charge >= 0.3 is 0 Å². The van der Waals surface area contributed by atoms with Gasteiger partial charge in [0, 0.05) is 38.3 Å². The summed E-state index contributed by atoms with van der Waals surface area (Å²) in [4.78, 5) is 9.09. The van der Waals surface area contributed by atoms with Crippen LogP contribution in [0.1, 0.15) is 34.6 Å². The van der Waals surface area contributed by atoms with E-state index in [0.29, 0.717) is 32.7 Å². The molecule has 0 saturated carbocycles. The molecule has 28 heavy (non-hydrogen) atoms. The summed E-state index contributed by atoms with van der Waals surface area (Å²) in [5.41, 5.74) is -0.0394. The summed E-state index contributed by atoms with van der Waals surface area (Å²) in [6, 6.07) is 0. The number of aliphatic imine (C=N–C) groups is 1. The Morgan fingerprint density at radius 3 is 2.25 bits per heavy atom. The van der Waals surface area contributed by atoms with Crippen molar-refractivity contribution < 1.29 is 13.2 Å². The van der Waals surface area contributed by atoms with Gasteiger partial charge in [0.15, 0.2) is 5.96 Å². The first-order valence-electron chi connectivity index (χ1n) is 9.79. The first kappa shape index (κ1) is 27.8. The molecule has 0 unspecified atom stereocenters. The lowest BCUT2D eigenvalue weighted by Crippen LogP contribution is -2.54. The molecule has 1 fully saturated rings. The van der Waals surface area contributed by atoms with E-state index in [2.05, 4.69) is 43.1 Å². The predicted molar refractivity (Wildman–Crippen MR) is 127 cm³/mol. The summed E-state index contributed by atoms with van der Waals surface area (Å²) < 4.78 is 31.9. The molecule has 0 atom stereocenters. The van der Waals surface area contributed by atoms with Crippen molar-refractivity contribution in [2.45, 2.75) is 46.3 Å². The number of sulfonamides is 1. The van der Waals surface area contributed by atoms with E-state index in [1.807, 2.05) is 20.8 Å². The molecule has 0 aromatic rings. The van der Waals surface area contributed by atoms with Crippen molar-refractivity contribution in [2.75, 3.05) is 65.7 Å². The SMILES string of the molecule is CCNC(=NCC(C)(C)N(C)C)N1CCN(S(=O)(=O)CCOC(C)C)CC1.I. The fourth-order valence-corrected chi connectivity index (χ4v) is 3.82. The Morgan fingerprint density at radius 2 is 1.79 bits per heavy atom. The Kier molecular flexibility index (Phi) is 12.4. The average Bonchev–Trinajstić information content (AvgIpc) is 2.58. The molecule has 0 aliphatic carbocycles. The molecule has 0 bridgehead atoms. The molecule has 1 aliphatic rings. The Labute approximate surface area is 189 Å². The van der Waals surface area contributed by atoms with Gasteiger partial charge in [-0.2, -0.15) is 4.31 Å². The van der Waals surface area contributed by atoms with Gasteiger partial charge in [0.2, 0.25) is 10.0 Å². The number of nitrogens with one attached hydrogen (secondary N) is 1. The summed E-state index contributed by atoms with van der Waals surface area (Å²) in [5, 5.41) is 3.33. The summed E-state index contributed by atoms with van der Waals surface area (Å²) in [7, 11) is 0.829. The van der Waals surface area contributed by atoms with Gasteiger partial charge in [-0.25, -0.2) is 8.42 Å². The van der Waals surface area contributed by atoms with E-state index in [-0.39, 0.29) is 48.0 Å². The van der Waals surface area contributed by atoms with E-state index >= 15 is 0 Å². The zero-order valence-corrected chi connectivity index (χ0v) is 21.7. The third kappa shape index (κ3) is 9.10. The first-order chi connectivity index (χ1) is 12.5. The molecule has 10 heteroatoms. The maximum absolute atomic E-state index is 12.5. The minimum Gasteiger partial charge on any atom is -0.378 e. The number of piperazine rings is 1. The lowest BCUT2D eigenvalue weighted by molar-refractivity contribution is 0.0904. The van der Waals surface area contributed by atoms with Crippen LogP contribution in [-0.2, 0) is 14.8 Å². The highest BCUT2D eigenvalue weighted by Crippen LogP contribution is 2.12. The van der Waals surface area contributed by atoms with E-state index in [9.17, 15) is 8.42 Å². The maximum Gasteiger partial charge on any atom is 0.216 e. The number of rotatable bonds is 9. The monoisotopic (exact) mass is 533 g/mol. The topological polar surface area (TPSA) is 77.5 Å². The average molecular weight is 534 g/mol. The van der Waals surface area contributed by atoms with Crippen molar-refractivity contribution in [2.24, 2.45) is 4.99 Å². The number of ether oxygens (including phenoxy) is 1. The van der Waals surface area contributed by atoms with E-state index in [1.165, 1.54) is 0 Å². The first-order valence-corrected chi connectivity index (χ1v) is 11.4. The standard InChI is InChI=1S/C18H39N5O3S.HI/c1-8-19-17(20-15-18(4,5)21(6)7)22-9-11-23(12-10-22)27(24,25)14-13-26-16(2)3;/h16H,8-15H2,1-7H3,(H,19,20);1H. The number of nitrogens with zero attached hydrogens (tertiary/aromatic N) is 4. The normalized spacial score (nSPS) is 17.2. The summed E-state index contributed by atoms with van der Waals surface area (Å²) in [5.74, 6) is 0.892. The molecular formula is C18H40IN5O3S. The lowest BCUT2D eigenvalue weighted by atomic mass is 10.1. The van der Waals surface area contributed by atoms with Crippen molar-refractivity contribution in [3.05, 3.63) is 0 Å². The highest BCUT2D eigenvalue weighted by atomic mass is 127. The largest absolute Gasteiger partial charge is 0.378 e. The van der Waals surface area contributed by atoms with Crippen molar-refractivity contribution in [1.29, 1.82) is 0 Å². The third-order valence-corrected chi connectivity index (χ3v) is 6.72. The zero-order chi connectivity index (χ0) is 20.7. The second-order valence-corrected chi connectivity index (χ2v) is 10.1. The van der Waals surface area contributed by atoms with Crippen LogP contribution in [0.3, 0.4) is 0 Å². The second kappa shape index (κ2) is 12.5. The Bertz CT molecular complexity index is 574. The quantitative estimate of drug-likeness (QED) is 0.274. The zero-order valence-electron chi connectivity index (χ0n) is 18.6. The van der Waals surface area contributed by atoms with E-state index < -0.39 is 10.0 Å². The molecule has 0 aromatic heterocycles. The summed E-state index contributed by atoms with van der Waals surface area (Å²) in [6.07, 6.45) is 0.0438. The van der Waals surface area contributed by atoms with Crippen molar-refractivity contribution in [1.82, 2.24) is 19.4 Å². The van der Waals surface area contributed by atoms with Gasteiger partial charge in [0.1, 0.15) is 0 Å². The maximum atomic E-state index is 12.5. The van der Waals surface area contributed by atoms with E-state index in [0.717, 1.165) is 12.5 Å². The van der Waals surface area contributed by atoms with Gasteiger partial charge in [-0.15, -0.1) is 24.0 Å². The number of halogens is 1. The van der Waals surface area contributed by atoms with Crippen molar-refractivity contribution in [3.63, 3.8) is 0 Å². The fourth-order valence-electron chi connectivity index (χ4n) is 2.53. The van der Waals surface area contributed by atoms with Gasteiger partial charge in [0.25, 0.3) is 0 Å². The van der Waals surface area contributed by atoms with Crippen LogP contribution in [0.5, 0.6) is 0 Å². The van der Waals surface area contributed by atoms with Crippen LogP contribution in [0.2, 0.25) is 0 Å². The van der Waals surface area contributed by atoms with Crippen LogP contribution in [0.15, 0.2) is 4.99 Å². The van der Waals surface area contributed by atoms with Gasteiger partial charge in [-0.05, 0) is 48.7 Å². The van der Waals surface area contributed by atoms with Crippen LogP contribution in [0, 0.1) is 0 Å². The minimum absolute atomic E-state index is 0. The molecule has 0 radical (unpaired) electrons. The van der Waals surface area contributed by atoms with Crippen LogP contribution in [-0.4, -0.2) is 106 Å². The number of guanidine groups is 1. The Balaban J connectivity index is 0.00000729. The van der Waals surface area contributed by atoms with Crippen molar-refractivity contribution >= 4 is 40.0 Å². The Hall–Kier alpha value is -0.170. The second-order valence-electron chi connectivity index (χ2n) is 8.00. The fraction of sp³-hybridized carbons (Fsp3) is 0.944. The molecular weight excluding hydrogens is 493 g/mol. The number of hydrogen-bond acceptors (Lipinski definition) is 5. The molecule has 0 spiro atoms. The molecule has 168 valence electrons.